The first-order valence-corrected chi connectivity index (χ1v) is 3.75. The van der Waals surface area contributed by atoms with Crippen LogP contribution in [0.15, 0.2) is 12.1 Å². The molecular weight excluding hydrogens is 181 g/mol. The van der Waals surface area contributed by atoms with E-state index in [0.29, 0.717) is 17.2 Å². The van der Waals surface area contributed by atoms with Crippen LogP contribution in [0.25, 0.3) is 0 Å². The number of benzene rings is 1. The van der Waals surface area contributed by atoms with Crippen molar-refractivity contribution in [2.75, 3.05) is 12.8 Å². The van der Waals surface area contributed by atoms with Crippen molar-refractivity contribution < 1.29 is 9.13 Å². The summed E-state index contributed by atoms with van der Waals surface area (Å²) in [4.78, 5) is 0. The maximum Gasteiger partial charge on any atom is 0.147 e. The summed E-state index contributed by atoms with van der Waals surface area (Å²) in [6.07, 6.45) is 0. The second kappa shape index (κ2) is 3.74. The molecule has 66 valence electrons. The molecular formula is C8H9ClFNO. The van der Waals surface area contributed by atoms with Crippen LogP contribution in [0.4, 0.5) is 10.1 Å². The van der Waals surface area contributed by atoms with Gasteiger partial charge in [-0.3, -0.25) is 0 Å². The molecule has 0 saturated carbocycles. The smallest absolute Gasteiger partial charge is 0.147 e. The van der Waals surface area contributed by atoms with Crippen LogP contribution in [0.1, 0.15) is 5.56 Å². The Morgan fingerprint density at radius 2 is 2.25 bits per heavy atom. The predicted molar refractivity (Wildman–Crippen MR) is 46.5 cm³/mol. The average molecular weight is 190 g/mol. The first-order valence-electron chi connectivity index (χ1n) is 3.37. The molecule has 0 atom stereocenters. The Bertz CT molecular complexity index is 291. The van der Waals surface area contributed by atoms with Gasteiger partial charge < -0.3 is 10.5 Å². The van der Waals surface area contributed by atoms with E-state index in [2.05, 4.69) is 0 Å². The molecule has 0 aliphatic heterocycles. The van der Waals surface area contributed by atoms with E-state index in [-0.39, 0.29) is 5.69 Å². The third-order valence-electron chi connectivity index (χ3n) is 1.47. The van der Waals surface area contributed by atoms with Gasteiger partial charge in [-0.2, -0.15) is 0 Å². The summed E-state index contributed by atoms with van der Waals surface area (Å²) >= 11 is 5.70. The van der Waals surface area contributed by atoms with Gasteiger partial charge in [-0.1, -0.05) is 11.6 Å². The minimum absolute atomic E-state index is 0.0893. The van der Waals surface area contributed by atoms with E-state index in [9.17, 15) is 4.39 Å². The molecule has 12 heavy (non-hydrogen) atoms. The first kappa shape index (κ1) is 9.29. The summed E-state index contributed by atoms with van der Waals surface area (Å²) in [6.45, 7) is 0.337. The van der Waals surface area contributed by atoms with Crippen LogP contribution in [0.3, 0.4) is 0 Å². The van der Waals surface area contributed by atoms with Crippen molar-refractivity contribution in [1.82, 2.24) is 0 Å². The molecule has 1 aromatic carbocycles. The number of hydrogen-bond donors (Lipinski definition) is 1. The van der Waals surface area contributed by atoms with Crippen LogP contribution in [-0.4, -0.2) is 7.11 Å². The molecule has 2 nitrogen and oxygen atoms in total. The summed E-state index contributed by atoms with van der Waals surface area (Å²) in [6, 6.07) is 2.66. The van der Waals surface area contributed by atoms with Gasteiger partial charge in [0.25, 0.3) is 0 Å². The van der Waals surface area contributed by atoms with Crippen LogP contribution in [0.2, 0.25) is 5.02 Å². The van der Waals surface area contributed by atoms with Crippen molar-refractivity contribution >= 4 is 17.3 Å². The van der Waals surface area contributed by atoms with Crippen LogP contribution < -0.4 is 5.73 Å². The summed E-state index contributed by atoms with van der Waals surface area (Å²) in [5.74, 6) is -0.500. The second-order valence-corrected chi connectivity index (χ2v) is 2.81. The lowest BCUT2D eigenvalue weighted by Gasteiger charge is -2.04. The van der Waals surface area contributed by atoms with Crippen LogP contribution in [0.5, 0.6) is 0 Å². The Morgan fingerprint density at radius 3 is 2.83 bits per heavy atom. The van der Waals surface area contributed by atoms with Gasteiger partial charge in [0.1, 0.15) is 5.82 Å². The minimum Gasteiger partial charge on any atom is -0.396 e. The maximum atomic E-state index is 12.7. The molecule has 1 aromatic rings. The van der Waals surface area contributed by atoms with Gasteiger partial charge in [-0.25, -0.2) is 4.39 Å². The zero-order valence-corrected chi connectivity index (χ0v) is 7.36. The van der Waals surface area contributed by atoms with Crippen molar-refractivity contribution in [2.24, 2.45) is 0 Å². The Morgan fingerprint density at radius 1 is 1.58 bits per heavy atom. The molecule has 0 aliphatic rings. The molecule has 0 aliphatic carbocycles. The number of hydrogen-bond acceptors (Lipinski definition) is 2. The van der Waals surface area contributed by atoms with Gasteiger partial charge in [0.2, 0.25) is 0 Å². The van der Waals surface area contributed by atoms with E-state index >= 15 is 0 Å². The van der Waals surface area contributed by atoms with E-state index in [4.69, 9.17) is 22.1 Å². The molecule has 0 saturated heterocycles. The van der Waals surface area contributed by atoms with Crippen LogP contribution >= 0.6 is 11.6 Å². The van der Waals surface area contributed by atoms with E-state index in [1.165, 1.54) is 19.2 Å². The minimum atomic E-state index is -0.500. The third-order valence-corrected chi connectivity index (χ3v) is 1.82. The van der Waals surface area contributed by atoms with Crippen molar-refractivity contribution in [3.05, 3.63) is 28.5 Å². The van der Waals surface area contributed by atoms with Crippen molar-refractivity contribution in [2.45, 2.75) is 6.61 Å². The molecule has 0 unspecified atom stereocenters. The average Bonchev–Trinajstić information content (AvgIpc) is 2.01. The maximum absolute atomic E-state index is 12.7. The molecule has 4 heteroatoms. The predicted octanol–water partition coefficient (Wildman–Crippen LogP) is 2.21. The quantitative estimate of drug-likeness (QED) is 0.724. The van der Waals surface area contributed by atoms with Crippen molar-refractivity contribution in [1.29, 1.82) is 0 Å². The van der Waals surface area contributed by atoms with Gasteiger partial charge in [0.05, 0.1) is 12.3 Å². The van der Waals surface area contributed by atoms with E-state index in [1.807, 2.05) is 0 Å². The van der Waals surface area contributed by atoms with Gasteiger partial charge in [-0.05, 0) is 17.7 Å². The lowest BCUT2D eigenvalue weighted by molar-refractivity contribution is 0.185. The lowest BCUT2D eigenvalue weighted by atomic mass is 10.2. The monoisotopic (exact) mass is 189 g/mol. The molecule has 0 amide bonds. The van der Waals surface area contributed by atoms with Crippen LogP contribution in [0, 0.1) is 5.82 Å². The molecule has 0 heterocycles. The fourth-order valence-corrected chi connectivity index (χ4v) is 1.08. The summed E-state index contributed by atoms with van der Waals surface area (Å²) in [5.41, 5.74) is 6.11. The highest BCUT2D eigenvalue weighted by atomic mass is 35.5. The zero-order chi connectivity index (χ0) is 9.14. The van der Waals surface area contributed by atoms with Gasteiger partial charge >= 0.3 is 0 Å². The largest absolute Gasteiger partial charge is 0.396 e. The highest BCUT2D eigenvalue weighted by Gasteiger charge is 2.05. The number of anilines is 1. The third kappa shape index (κ3) is 1.87. The lowest BCUT2D eigenvalue weighted by Crippen LogP contribution is -1.95. The number of nitrogen functional groups attached to an aromatic ring is 1. The zero-order valence-electron chi connectivity index (χ0n) is 6.60. The number of ether oxygens (including phenoxy) is 1. The molecule has 0 radical (unpaired) electrons. The molecule has 0 aromatic heterocycles. The number of nitrogens with two attached hydrogens (primary N) is 1. The Kier molecular flexibility index (Phi) is 2.89. The molecule has 0 fully saturated rings. The molecule has 0 bridgehead atoms. The SMILES string of the molecule is COCc1cc(N)c(F)cc1Cl. The van der Waals surface area contributed by atoms with E-state index in [1.54, 1.807) is 0 Å². The highest BCUT2D eigenvalue weighted by Crippen LogP contribution is 2.22. The molecule has 2 N–H and O–H groups in total. The fourth-order valence-electron chi connectivity index (χ4n) is 0.879. The van der Waals surface area contributed by atoms with Crippen molar-refractivity contribution in [3.63, 3.8) is 0 Å². The van der Waals surface area contributed by atoms with Gasteiger partial charge in [0, 0.05) is 12.1 Å². The topological polar surface area (TPSA) is 35.2 Å². The Balaban J connectivity index is 3.05. The molecule has 1 rings (SSSR count). The van der Waals surface area contributed by atoms with Crippen molar-refractivity contribution in [3.8, 4) is 0 Å². The summed E-state index contributed by atoms with van der Waals surface area (Å²) < 4.78 is 17.6. The first-order chi connectivity index (χ1) is 5.65. The van der Waals surface area contributed by atoms with Crippen LogP contribution in [-0.2, 0) is 11.3 Å². The number of halogens is 2. The highest BCUT2D eigenvalue weighted by molar-refractivity contribution is 6.31. The number of rotatable bonds is 2. The summed E-state index contributed by atoms with van der Waals surface area (Å²) in [5, 5.41) is 0.337. The fraction of sp³-hybridized carbons (Fsp3) is 0.250. The molecule has 0 spiro atoms. The normalized spacial score (nSPS) is 10.2. The number of methoxy groups -OCH3 is 1. The van der Waals surface area contributed by atoms with E-state index < -0.39 is 5.82 Å². The standard InChI is InChI=1S/C8H9ClFNO/c1-12-4-5-2-8(11)7(10)3-6(5)9/h2-3H,4,11H2,1H3. The second-order valence-electron chi connectivity index (χ2n) is 2.40. The van der Waals surface area contributed by atoms with Gasteiger partial charge in [0.15, 0.2) is 0 Å². The Hall–Kier alpha value is -0.800. The summed E-state index contributed by atoms with van der Waals surface area (Å²) in [7, 11) is 1.54. The van der Waals surface area contributed by atoms with E-state index in [0.717, 1.165) is 0 Å². The Labute approximate surface area is 75.1 Å². The van der Waals surface area contributed by atoms with Gasteiger partial charge in [-0.15, -0.1) is 0 Å².